The van der Waals surface area contributed by atoms with Crippen molar-refractivity contribution in [2.75, 3.05) is 18.1 Å². The highest BCUT2D eigenvalue weighted by Crippen LogP contribution is 2.14. The van der Waals surface area contributed by atoms with E-state index >= 15 is 0 Å². The standard InChI is InChI=1S/C8H16N4O2/c1-5(4-13)7(14)3-12-8(10)6(9)2-11-12/h2,5,7,13-14H,3-4,9-10H2,1H3. The first kappa shape index (κ1) is 10.8. The van der Waals surface area contributed by atoms with E-state index in [9.17, 15) is 5.11 Å². The van der Waals surface area contributed by atoms with Gasteiger partial charge in [0.2, 0.25) is 0 Å². The molecular weight excluding hydrogens is 184 g/mol. The Labute approximate surface area is 82.1 Å². The molecule has 14 heavy (non-hydrogen) atoms. The minimum absolute atomic E-state index is 0.0716. The lowest BCUT2D eigenvalue weighted by Gasteiger charge is -2.16. The molecule has 2 atom stereocenters. The molecule has 0 aliphatic carbocycles. The summed E-state index contributed by atoms with van der Waals surface area (Å²) in [5.41, 5.74) is 11.5. The van der Waals surface area contributed by atoms with Crippen LogP contribution < -0.4 is 11.5 Å². The molecule has 6 nitrogen and oxygen atoms in total. The summed E-state index contributed by atoms with van der Waals surface area (Å²) in [5, 5.41) is 22.3. The first-order valence-corrected chi connectivity index (χ1v) is 4.42. The number of anilines is 2. The molecule has 0 amide bonds. The van der Waals surface area contributed by atoms with Crippen LogP contribution in [0.3, 0.4) is 0 Å². The Morgan fingerprint density at radius 1 is 1.57 bits per heavy atom. The molecule has 0 radical (unpaired) electrons. The van der Waals surface area contributed by atoms with Crippen molar-refractivity contribution in [2.45, 2.75) is 19.6 Å². The fraction of sp³-hybridized carbons (Fsp3) is 0.625. The van der Waals surface area contributed by atoms with E-state index in [1.807, 2.05) is 0 Å². The lowest BCUT2D eigenvalue weighted by Crippen LogP contribution is -2.27. The van der Waals surface area contributed by atoms with Crippen LogP contribution in [0, 0.1) is 5.92 Å². The molecule has 0 spiro atoms. The van der Waals surface area contributed by atoms with Gasteiger partial charge in [0, 0.05) is 12.5 Å². The fourth-order valence-corrected chi connectivity index (χ4v) is 1.03. The summed E-state index contributed by atoms with van der Waals surface area (Å²) < 4.78 is 1.42. The molecule has 0 aliphatic rings. The van der Waals surface area contributed by atoms with E-state index in [0.29, 0.717) is 11.5 Å². The highest BCUT2D eigenvalue weighted by molar-refractivity contribution is 5.56. The summed E-state index contributed by atoms with van der Waals surface area (Å²) in [6, 6.07) is 0. The molecule has 6 N–H and O–H groups in total. The summed E-state index contributed by atoms with van der Waals surface area (Å²) >= 11 is 0. The topological polar surface area (TPSA) is 110 Å². The van der Waals surface area contributed by atoms with Crippen molar-refractivity contribution in [3.8, 4) is 0 Å². The van der Waals surface area contributed by atoms with Crippen LogP contribution in [0.25, 0.3) is 0 Å². The lowest BCUT2D eigenvalue weighted by atomic mass is 10.1. The predicted molar refractivity (Wildman–Crippen MR) is 53.3 cm³/mol. The van der Waals surface area contributed by atoms with Crippen molar-refractivity contribution in [3.05, 3.63) is 6.20 Å². The zero-order chi connectivity index (χ0) is 10.7. The van der Waals surface area contributed by atoms with E-state index in [0.717, 1.165) is 0 Å². The third-order valence-corrected chi connectivity index (χ3v) is 2.21. The molecule has 0 aliphatic heterocycles. The van der Waals surface area contributed by atoms with Crippen LogP contribution in [-0.4, -0.2) is 32.7 Å². The third kappa shape index (κ3) is 2.15. The molecule has 0 saturated heterocycles. The van der Waals surface area contributed by atoms with Gasteiger partial charge in [-0.25, -0.2) is 4.68 Å². The minimum atomic E-state index is -0.679. The number of nitrogens with two attached hydrogens (primary N) is 2. The molecule has 0 saturated carbocycles. The van der Waals surface area contributed by atoms with E-state index in [1.54, 1.807) is 6.92 Å². The first-order chi connectivity index (χ1) is 6.56. The largest absolute Gasteiger partial charge is 0.396 e. The minimum Gasteiger partial charge on any atom is -0.396 e. The van der Waals surface area contributed by atoms with Crippen LogP contribution in [0.5, 0.6) is 0 Å². The zero-order valence-corrected chi connectivity index (χ0v) is 8.09. The van der Waals surface area contributed by atoms with Crippen molar-refractivity contribution in [2.24, 2.45) is 5.92 Å². The average Bonchev–Trinajstić information content (AvgIpc) is 2.48. The van der Waals surface area contributed by atoms with Crippen LogP contribution in [0.2, 0.25) is 0 Å². The SMILES string of the molecule is CC(CO)C(O)Cn1ncc(N)c1N. The van der Waals surface area contributed by atoms with Crippen molar-refractivity contribution >= 4 is 11.5 Å². The Hall–Kier alpha value is -1.27. The fourth-order valence-electron chi connectivity index (χ4n) is 1.03. The molecule has 1 aromatic heterocycles. The summed E-state index contributed by atoms with van der Waals surface area (Å²) in [6.45, 7) is 1.91. The van der Waals surface area contributed by atoms with Gasteiger partial charge in [-0.05, 0) is 0 Å². The Balaban J connectivity index is 2.64. The van der Waals surface area contributed by atoms with E-state index in [2.05, 4.69) is 5.10 Å². The average molecular weight is 200 g/mol. The Kier molecular flexibility index (Phi) is 3.32. The first-order valence-electron chi connectivity index (χ1n) is 4.42. The second-order valence-electron chi connectivity index (χ2n) is 3.39. The molecule has 0 bridgehead atoms. The quantitative estimate of drug-likeness (QED) is 0.500. The highest BCUT2D eigenvalue weighted by atomic mass is 16.3. The van der Waals surface area contributed by atoms with Gasteiger partial charge >= 0.3 is 0 Å². The van der Waals surface area contributed by atoms with Gasteiger partial charge in [0.1, 0.15) is 5.82 Å². The number of aliphatic hydroxyl groups is 2. The monoisotopic (exact) mass is 200 g/mol. The van der Waals surface area contributed by atoms with Crippen LogP contribution in [0.1, 0.15) is 6.92 Å². The molecular formula is C8H16N4O2. The number of aromatic nitrogens is 2. The number of hydrogen-bond acceptors (Lipinski definition) is 5. The molecule has 2 unspecified atom stereocenters. The van der Waals surface area contributed by atoms with Crippen LogP contribution in [0.15, 0.2) is 6.20 Å². The van der Waals surface area contributed by atoms with Crippen molar-refractivity contribution in [1.29, 1.82) is 0 Å². The third-order valence-electron chi connectivity index (χ3n) is 2.21. The number of aliphatic hydroxyl groups excluding tert-OH is 2. The molecule has 0 fully saturated rings. The lowest BCUT2D eigenvalue weighted by molar-refractivity contribution is 0.0616. The number of nitrogen functional groups attached to an aromatic ring is 2. The van der Waals surface area contributed by atoms with Crippen LogP contribution >= 0.6 is 0 Å². The second kappa shape index (κ2) is 4.30. The van der Waals surface area contributed by atoms with Gasteiger partial charge in [-0.2, -0.15) is 5.10 Å². The maximum absolute atomic E-state index is 9.59. The maximum atomic E-state index is 9.59. The second-order valence-corrected chi connectivity index (χ2v) is 3.39. The van der Waals surface area contributed by atoms with Crippen LogP contribution in [0.4, 0.5) is 11.5 Å². The number of nitrogens with zero attached hydrogens (tertiary/aromatic N) is 2. The van der Waals surface area contributed by atoms with E-state index in [4.69, 9.17) is 16.6 Å². The van der Waals surface area contributed by atoms with Gasteiger partial charge in [0.15, 0.2) is 0 Å². The van der Waals surface area contributed by atoms with Crippen molar-refractivity contribution in [3.63, 3.8) is 0 Å². The van der Waals surface area contributed by atoms with Crippen LogP contribution in [-0.2, 0) is 6.54 Å². The van der Waals surface area contributed by atoms with Gasteiger partial charge in [0.25, 0.3) is 0 Å². The summed E-state index contributed by atoms with van der Waals surface area (Å²) in [6.07, 6.45) is 0.757. The molecule has 80 valence electrons. The van der Waals surface area contributed by atoms with Gasteiger partial charge in [-0.1, -0.05) is 6.92 Å². The Morgan fingerprint density at radius 2 is 2.21 bits per heavy atom. The zero-order valence-electron chi connectivity index (χ0n) is 8.09. The smallest absolute Gasteiger partial charge is 0.145 e. The Morgan fingerprint density at radius 3 is 2.64 bits per heavy atom. The highest BCUT2D eigenvalue weighted by Gasteiger charge is 2.15. The summed E-state index contributed by atoms with van der Waals surface area (Å²) in [4.78, 5) is 0. The van der Waals surface area contributed by atoms with Crippen molar-refractivity contribution in [1.82, 2.24) is 9.78 Å². The van der Waals surface area contributed by atoms with E-state index in [-0.39, 0.29) is 19.1 Å². The number of rotatable bonds is 4. The van der Waals surface area contributed by atoms with Gasteiger partial charge in [0.05, 0.1) is 24.5 Å². The summed E-state index contributed by atoms with van der Waals surface area (Å²) in [5.74, 6) is 0.133. The molecule has 1 rings (SSSR count). The molecule has 1 heterocycles. The maximum Gasteiger partial charge on any atom is 0.145 e. The number of hydrogen-bond donors (Lipinski definition) is 4. The van der Waals surface area contributed by atoms with Gasteiger partial charge < -0.3 is 21.7 Å². The summed E-state index contributed by atoms with van der Waals surface area (Å²) in [7, 11) is 0. The predicted octanol–water partition coefficient (Wildman–Crippen LogP) is -0.963. The van der Waals surface area contributed by atoms with E-state index in [1.165, 1.54) is 10.9 Å². The van der Waals surface area contributed by atoms with Gasteiger partial charge in [-0.3, -0.25) is 0 Å². The van der Waals surface area contributed by atoms with E-state index < -0.39 is 6.10 Å². The molecule has 6 heteroatoms. The van der Waals surface area contributed by atoms with Gasteiger partial charge in [-0.15, -0.1) is 0 Å². The molecule has 0 aromatic carbocycles. The normalized spacial score (nSPS) is 15.4. The Bertz CT molecular complexity index is 300. The molecule has 1 aromatic rings. The van der Waals surface area contributed by atoms with Crippen molar-refractivity contribution < 1.29 is 10.2 Å².